The number of halogens is 1. The minimum atomic E-state index is -0.489. The molecule has 0 spiro atoms. The fourth-order valence-electron chi connectivity index (χ4n) is 2.23. The molecule has 0 saturated heterocycles. The van der Waals surface area contributed by atoms with Gasteiger partial charge in [-0.15, -0.1) is 0 Å². The fraction of sp³-hybridized carbons (Fsp3) is 0.200. The van der Waals surface area contributed by atoms with Crippen molar-refractivity contribution >= 4 is 11.6 Å². The highest BCUT2D eigenvalue weighted by Crippen LogP contribution is 2.48. The number of nitrogens with one attached hydrogen (secondary N) is 1. The number of pyridine rings is 1. The van der Waals surface area contributed by atoms with E-state index in [1.807, 2.05) is 0 Å². The third-order valence-electron chi connectivity index (χ3n) is 3.52. The molecule has 1 fully saturated rings. The summed E-state index contributed by atoms with van der Waals surface area (Å²) in [5.74, 6) is -0.320. The molecule has 3 nitrogen and oxygen atoms in total. The van der Waals surface area contributed by atoms with Crippen LogP contribution in [-0.2, 0) is 10.2 Å². The lowest BCUT2D eigenvalue weighted by Crippen LogP contribution is -2.27. The molecule has 1 heterocycles. The summed E-state index contributed by atoms with van der Waals surface area (Å²) >= 11 is 0. The van der Waals surface area contributed by atoms with E-state index < -0.39 is 5.41 Å². The van der Waals surface area contributed by atoms with Crippen LogP contribution in [-0.4, -0.2) is 10.9 Å². The highest BCUT2D eigenvalue weighted by Gasteiger charge is 2.51. The second kappa shape index (κ2) is 4.46. The van der Waals surface area contributed by atoms with Crippen LogP contribution in [0.5, 0.6) is 0 Å². The molecule has 1 aliphatic carbocycles. The van der Waals surface area contributed by atoms with Gasteiger partial charge in [-0.3, -0.25) is 9.78 Å². The van der Waals surface area contributed by atoms with Crippen LogP contribution in [0.3, 0.4) is 0 Å². The fourth-order valence-corrected chi connectivity index (χ4v) is 2.23. The average Bonchev–Trinajstić information content (AvgIpc) is 3.22. The SMILES string of the molecule is O=C(Nc1ccncc1)C1(c2ccc(F)cc2)CC1. The van der Waals surface area contributed by atoms with Crippen LogP contribution in [0.15, 0.2) is 48.8 Å². The van der Waals surface area contributed by atoms with Crippen LogP contribution in [0.4, 0.5) is 10.1 Å². The smallest absolute Gasteiger partial charge is 0.235 e. The Labute approximate surface area is 110 Å². The summed E-state index contributed by atoms with van der Waals surface area (Å²) < 4.78 is 12.9. The minimum absolute atomic E-state index is 0.0368. The van der Waals surface area contributed by atoms with Crippen molar-refractivity contribution in [1.29, 1.82) is 0 Å². The van der Waals surface area contributed by atoms with Gasteiger partial charge >= 0.3 is 0 Å². The zero-order valence-electron chi connectivity index (χ0n) is 10.3. The Morgan fingerprint density at radius 3 is 2.32 bits per heavy atom. The second-order valence-corrected chi connectivity index (χ2v) is 4.78. The Balaban J connectivity index is 1.81. The van der Waals surface area contributed by atoms with E-state index in [1.165, 1.54) is 12.1 Å². The molecule has 4 heteroatoms. The summed E-state index contributed by atoms with van der Waals surface area (Å²) in [6, 6.07) is 9.67. The lowest BCUT2D eigenvalue weighted by atomic mass is 9.95. The first-order valence-corrected chi connectivity index (χ1v) is 6.18. The van der Waals surface area contributed by atoms with Crippen molar-refractivity contribution < 1.29 is 9.18 Å². The van der Waals surface area contributed by atoms with Crippen molar-refractivity contribution in [3.8, 4) is 0 Å². The molecule has 1 aromatic carbocycles. The summed E-state index contributed by atoms with van der Waals surface area (Å²) in [6.07, 6.45) is 4.87. The van der Waals surface area contributed by atoms with E-state index in [0.717, 1.165) is 24.1 Å². The first-order chi connectivity index (χ1) is 9.21. The Bertz CT molecular complexity index is 591. The van der Waals surface area contributed by atoms with E-state index >= 15 is 0 Å². The van der Waals surface area contributed by atoms with Gasteiger partial charge in [0.15, 0.2) is 0 Å². The number of carbonyl (C=O) groups is 1. The van der Waals surface area contributed by atoms with Crippen LogP contribution < -0.4 is 5.32 Å². The summed E-state index contributed by atoms with van der Waals surface area (Å²) in [5.41, 5.74) is 1.12. The number of hydrogen-bond donors (Lipinski definition) is 1. The minimum Gasteiger partial charge on any atom is -0.325 e. The molecule has 0 bridgehead atoms. The zero-order valence-corrected chi connectivity index (χ0v) is 10.3. The van der Waals surface area contributed by atoms with Crippen molar-refractivity contribution in [2.75, 3.05) is 5.32 Å². The van der Waals surface area contributed by atoms with Gasteiger partial charge < -0.3 is 5.32 Å². The lowest BCUT2D eigenvalue weighted by Gasteiger charge is -2.15. The largest absolute Gasteiger partial charge is 0.325 e. The Morgan fingerprint density at radius 2 is 1.74 bits per heavy atom. The van der Waals surface area contributed by atoms with Crippen molar-refractivity contribution in [3.05, 3.63) is 60.2 Å². The summed E-state index contributed by atoms with van der Waals surface area (Å²) in [6.45, 7) is 0. The molecule has 1 N–H and O–H groups in total. The van der Waals surface area contributed by atoms with Gasteiger partial charge in [0, 0.05) is 18.1 Å². The molecular formula is C15H13FN2O. The maximum Gasteiger partial charge on any atom is 0.235 e. The molecule has 1 amide bonds. The van der Waals surface area contributed by atoms with E-state index in [-0.39, 0.29) is 11.7 Å². The van der Waals surface area contributed by atoms with E-state index in [9.17, 15) is 9.18 Å². The number of benzene rings is 1. The summed E-state index contributed by atoms with van der Waals surface area (Å²) in [7, 11) is 0. The highest BCUT2D eigenvalue weighted by atomic mass is 19.1. The maximum absolute atomic E-state index is 12.9. The number of rotatable bonds is 3. The monoisotopic (exact) mass is 256 g/mol. The maximum atomic E-state index is 12.9. The summed E-state index contributed by atoms with van der Waals surface area (Å²) in [4.78, 5) is 16.3. The second-order valence-electron chi connectivity index (χ2n) is 4.78. The van der Waals surface area contributed by atoms with Crippen LogP contribution in [0.25, 0.3) is 0 Å². The molecule has 2 aromatic rings. The molecular weight excluding hydrogens is 243 g/mol. The number of nitrogens with zero attached hydrogens (tertiary/aromatic N) is 1. The van der Waals surface area contributed by atoms with E-state index in [2.05, 4.69) is 10.3 Å². The number of amides is 1. The predicted molar refractivity (Wildman–Crippen MR) is 70.2 cm³/mol. The average molecular weight is 256 g/mol. The van der Waals surface area contributed by atoms with Crippen molar-refractivity contribution in [1.82, 2.24) is 4.98 Å². The van der Waals surface area contributed by atoms with E-state index in [0.29, 0.717) is 0 Å². The molecule has 19 heavy (non-hydrogen) atoms. The topological polar surface area (TPSA) is 42.0 Å². The molecule has 3 rings (SSSR count). The van der Waals surface area contributed by atoms with Crippen LogP contribution >= 0.6 is 0 Å². The zero-order chi connectivity index (χ0) is 13.3. The molecule has 1 saturated carbocycles. The molecule has 0 aliphatic heterocycles. The lowest BCUT2D eigenvalue weighted by molar-refractivity contribution is -0.118. The van der Waals surface area contributed by atoms with Gasteiger partial charge in [0.1, 0.15) is 5.82 Å². The van der Waals surface area contributed by atoms with E-state index in [1.54, 1.807) is 36.7 Å². The standard InChI is InChI=1S/C15H13FN2O/c16-12-3-1-11(2-4-12)15(7-8-15)14(19)18-13-5-9-17-10-6-13/h1-6,9-10H,7-8H2,(H,17,18,19). The third-order valence-corrected chi connectivity index (χ3v) is 3.52. The normalized spacial score (nSPS) is 15.8. The quantitative estimate of drug-likeness (QED) is 0.917. The Morgan fingerprint density at radius 1 is 1.11 bits per heavy atom. The first kappa shape index (κ1) is 11.8. The van der Waals surface area contributed by atoms with Gasteiger partial charge in [-0.05, 0) is 42.7 Å². The molecule has 1 aromatic heterocycles. The van der Waals surface area contributed by atoms with Crippen molar-refractivity contribution in [3.63, 3.8) is 0 Å². The highest BCUT2D eigenvalue weighted by molar-refractivity contribution is 6.01. The molecule has 0 unspecified atom stereocenters. The Hall–Kier alpha value is -2.23. The predicted octanol–water partition coefficient (Wildman–Crippen LogP) is 2.89. The molecule has 0 radical (unpaired) electrons. The van der Waals surface area contributed by atoms with Crippen molar-refractivity contribution in [2.45, 2.75) is 18.3 Å². The van der Waals surface area contributed by atoms with Gasteiger partial charge in [0.2, 0.25) is 5.91 Å². The van der Waals surface area contributed by atoms with Gasteiger partial charge in [-0.2, -0.15) is 0 Å². The first-order valence-electron chi connectivity index (χ1n) is 6.18. The molecule has 1 aliphatic rings. The van der Waals surface area contributed by atoms with Crippen LogP contribution in [0.2, 0.25) is 0 Å². The van der Waals surface area contributed by atoms with Gasteiger partial charge in [0.25, 0.3) is 0 Å². The van der Waals surface area contributed by atoms with E-state index in [4.69, 9.17) is 0 Å². The van der Waals surface area contributed by atoms with Crippen LogP contribution in [0, 0.1) is 5.82 Å². The number of carbonyl (C=O) groups excluding carboxylic acids is 1. The molecule has 0 atom stereocenters. The number of hydrogen-bond acceptors (Lipinski definition) is 2. The number of anilines is 1. The summed E-state index contributed by atoms with van der Waals surface area (Å²) in [5, 5.41) is 2.89. The van der Waals surface area contributed by atoms with Crippen molar-refractivity contribution in [2.24, 2.45) is 0 Å². The Kier molecular flexibility index (Phi) is 2.78. The van der Waals surface area contributed by atoms with Gasteiger partial charge in [-0.25, -0.2) is 4.39 Å². The van der Waals surface area contributed by atoms with Gasteiger partial charge in [-0.1, -0.05) is 12.1 Å². The van der Waals surface area contributed by atoms with Gasteiger partial charge in [0.05, 0.1) is 5.41 Å². The number of aromatic nitrogens is 1. The molecule has 96 valence electrons. The van der Waals surface area contributed by atoms with Crippen LogP contribution in [0.1, 0.15) is 18.4 Å². The third kappa shape index (κ3) is 2.21.